The Morgan fingerprint density at radius 1 is 0.568 bits per heavy atom. The van der Waals surface area contributed by atoms with Gasteiger partial charge in [0.05, 0.1) is 10.7 Å². The first-order valence-electron chi connectivity index (χ1n) is 12.1. The average molecular weight is 537 g/mol. The predicted octanol–water partition coefficient (Wildman–Crippen LogP) is 7.48. The van der Waals surface area contributed by atoms with Crippen LogP contribution in [0.4, 0.5) is 0 Å². The maximum atomic E-state index is 6.07. The van der Waals surface area contributed by atoms with Crippen molar-refractivity contribution in [2.24, 2.45) is 21.9 Å². The van der Waals surface area contributed by atoms with Crippen LogP contribution < -0.4 is 22.4 Å². The van der Waals surface area contributed by atoms with Crippen molar-refractivity contribution in [3.05, 3.63) is 80.8 Å². The molecule has 3 aromatic heterocycles. The molecule has 3 heterocycles. The molecule has 4 N–H and O–H groups in total. The molecule has 182 valence electrons. The Morgan fingerprint density at radius 3 is 1.76 bits per heavy atom. The van der Waals surface area contributed by atoms with E-state index in [-0.39, 0.29) is 0 Å². The van der Waals surface area contributed by atoms with Crippen LogP contribution in [0.25, 0.3) is 61.9 Å². The summed E-state index contributed by atoms with van der Waals surface area (Å²) < 4.78 is 2.47. The van der Waals surface area contributed by atoms with Crippen LogP contribution in [0.3, 0.4) is 0 Å². The van der Waals surface area contributed by atoms with E-state index in [4.69, 9.17) is 11.7 Å². The van der Waals surface area contributed by atoms with Gasteiger partial charge in [-0.1, -0.05) is 29.8 Å². The van der Waals surface area contributed by atoms with Crippen LogP contribution in [0.5, 0.6) is 0 Å². The fourth-order valence-electron chi connectivity index (χ4n) is 5.79. The molecule has 0 saturated carbocycles. The van der Waals surface area contributed by atoms with Crippen molar-refractivity contribution in [3.63, 3.8) is 0 Å². The fraction of sp³-hybridized carbons (Fsp3) is 0.133. The molecule has 0 saturated heterocycles. The molecule has 7 rings (SSSR count). The van der Waals surface area contributed by atoms with E-state index in [1.165, 1.54) is 61.9 Å². The largest absolute Gasteiger partial charge is 0.323 e. The average Bonchev–Trinajstić information content (AvgIpc) is 3.67. The van der Waals surface area contributed by atoms with Crippen molar-refractivity contribution in [1.29, 1.82) is 0 Å². The standard InChI is InChI=1S/C30H24N4S3/c1-13-5-7-17(8-6-13)20-9-10-21(36-20)22-12-19-28(34-32)24-15(3)25-23(16(4)26(24)30(19)37-22)27(33-31)18-11-14(2)35-29(18)25/h5-12H,31-32H2,1-4H3/b33-27+,34-28+. The van der Waals surface area contributed by atoms with Crippen molar-refractivity contribution < 1.29 is 0 Å². The fourth-order valence-corrected chi connectivity index (χ4v) is 9.27. The molecule has 0 radical (unpaired) electrons. The number of hydrogen-bond donors (Lipinski definition) is 2. The van der Waals surface area contributed by atoms with Gasteiger partial charge >= 0.3 is 0 Å². The Balaban J connectivity index is 1.53. The maximum Gasteiger partial charge on any atom is 0.0995 e. The first-order chi connectivity index (χ1) is 17.9. The summed E-state index contributed by atoms with van der Waals surface area (Å²) >= 11 is 5.44. The Bertz CT molecular complexity index is 2140. The van der Waals surface area contributed by atoms with E-state index in [1.807, 2.05) is 22.7 Å². The van der Waals surface area contributed by atoms with Crippen molar-refractivity contribution in [2.75, 3.05) is 0 Å². The number of rotatable bonds is 2. The minimum Gasteiger partial charge on any atom is -0.323 e. The zero-order valence-electron chi connectivity index (χ0n) is 20.9. The monoisotopic (exact) mass is 536 g/mol. The Labute approximate surface area is 225 Å². The first kappa shape index (κ1) is 22.7. The summed E-state index contributed by atoms with van der Waals surface area (Å²) in [7, 11) is 0. The highest BCUT2D eigenvalue weighted by Crippen LogP contribution is 2.46. The Morgan fingerprint density at radius 2 is 1.14 bits per heavy atom. The number of nitrogens with two attached hydrogens (primary N) is 2. The normalized spacial score (nSPS) is 13.4. The van der Waals surface area contributed by atoms with Gasteiger partial charge in [0.2, 0.25) is 0 Å². The molecule has 0 spiro atoms. The van der Waals surface area contributed by atoms with Crippen LogP contribution in [0.2, 0.25) is 0 Å². The van der Waals surface area contributed by atoms with Gasteiger partial charge in [-0.2, -0.15) is 10.2 Å². The van der Waals surface area contributed by atoms with Gasteiger partial charge in [-0.15, -0.1) is 34.0 Å². The van der Waals surface area contributed by atoms with Gasteiger partial charge in [-0.25, -0.2) is 0 Å². The van der Waals surface area contributed by atoms with Gasteiger partial charge in [-0.05, 0) is 68.7 Å². The molecular formula is C30H24N4S3. The Kier molecular flexibility index (Phi) is 4.89. The molecule has 4 nitrogen and oxygen atoms in total. The molecule has 7 aromatic rings. The van der Waals surface area contributed by atoms with E-state index in [1.54, 1.807) is 11.3 Å². The van der Waals surface area contributed by atoms with Crippen LogP contribution in [-0.4, -0.2) is 0 Å². The number of benzene rings is 2. The molecular weight excluding hydrogens is 513 g/mol. The summed E-state index contributed by atoms with van der Waals surface area (Å²) in [6, 6.07) is 17.6. The lowest BCUT2D eigenvalue weighted by Crippen LogP contribution is -2.07. The van der Waals surface area contributed by atoms with Crippen LogP contribution >= 0.6 is 34.0 Å². The lowest BCUT2D eigenvalue weighted by molar-refractivity contribution is 1.17. The second kappa shape index (κ2) is 7.99. The highest BCUT2D eigenvalue weighted by atomic mass is 32.1. The summed E-state index contributed by atoms with van der Waals surface area (Å²) in [5, 5.41) is 17.4. The van der Waals surface area contributed by atoms with Gasteiger partial charge in [0.1, 0.15) is 0 Å². The summed E-state index contributed by atoms with van der Waals surface area (Å²) in [4.78, 5) is 5.02. The third kappa shape index (κ3) is 3.05. The van der Waals surface area contributed by atoms with Crippen molar-refractivity contribution >= 4 is 75.7 Å². The molecule has 0 amide bonds. The smallest absolute Gasteiger partial charge is 0.0995 e. The topological polar surface area (TPSA) is 76.8 Å². The second-order valence-electron chi connectivity index (χ2n) is 9.69. The van der Waals surface area contributed by atoms with Crippen LogP contribution in [0.15, 0.2) is 58.7 Å². The third-order valence-electron chi connectivity index (χ3n) is 7.47. The quantitative estimate of drug-likeness (QED) is 0.178. The molecule has 0 aliphatic heterocycles. The third-order valence-corrected chi connectivity index (χ3v) is 11.0. The number of thiophene rings is 3. The zero-order valence-corrected chi connectivity index (χ0v) is 23.3. The van der Waals surface area contributed by atoms with Crippen LogP contribution in [0.1, 0.15) is 21.6 Å². The molecule has 0 aliphatic rings. The minimum atomic E-state index is 0.874. The van der Waals surface area contributed by atoms with E-state index < -0.39 is 0 Å². The van der Waals surface area contributed by atoms with Gasteiger partial charge in [-0.3, -0.25) is 0 Å². The molecule has 4 aromatic carbocycles. The van der Waals surface area contributed by atoms with E-state index in [0.29, 0.717) is 0 Å². The van der Waals surface area contributed by atoms with Gasteiger partial charge in [0, 0.05) is 61.2 Å². The van der Waals surface area contributed by atoms with E-state index in [0.717, 1.165) is 32.3 Å². The molecule has 0 unspecified atom stereocenters. The summed E-state index contributed by atoms with van der Waals surface area (Å²) in [5.41, 5.74) is 4.91. The van der Waals surface area contributed by atoms with Crippen molar-refractivity contribution in [1.82, 2.24) is 0 Å². The van der Waals surface area contributed by atoms with Gasteiger partial charge in [0.15, 0.2) is 0 Å². The Hall–Kier alpha value is -3.52. The number of fused-ring (bicyclic) bond motifs is 6. The van der Waals surface area contributed by atoms with E-state index >= 15 is 0 Å². The molecule has 7 heteroatoms. The first-order valence-corrected chi connectivity index (χ1v) is 14.5. The molecule has 0 bridgehead atoms. The van der Waals surface area contributed by atoms with Crippen LogP contribution in [0, 0.1) is 27.7 Å². The van der Waals surface area contributed by atoms with Gasteiger partial charge in [0.25, 0.3) is 0 Å². The minimum absolute atomic E-state index is 0.874. The van der Waals surface area contributed by atoms with Crippen LogP contribution in [-0.2, 0) is 0 Å². The highest BCUT2D eigenvalue weighted by Gasteiger charge is 2.24. The van der Waals surface area contributed by atoms with Crippen molar-refractivity contribution in [2.45, 2.75) is 27.7 Å². The SMILES string of the molecule is Cc1ccc(-c2ccc(-c3cc4/c(=N\N)c5c(C)c6c(c(C)c5c4s3)/c(=N/N)c3cc(C)sc36)s2)cc1. The predicted molar refractivity (Wildman–Crippen MR) is 162 cm³/mol. The van der Waals surface area contributed by atoms with Gasteiger partial charge < -0.3 is 11.7 Å². The molecule has 0 atom stereocenters. The highest BCUT2D eigenvalue weighted by molar-refractivity contribution is 7.27. The number of hydrogen-bond acceptors (Lipinski definition) is 7. The summed E-state index contributed by atoms with van der Waals surface area (Å²) in [6.45, 7) is 8.63. The molecule has 0 aliphatic carbocycles. The molecule has 37 heavy (non-hydrogen) atoms. The lowest BCUT2D eigenvalue weighted by atomic mass is 9.98. The van der Waals surface area contributed by atoms with E-state index in [2.05, 4.69) is 86.4 Å². The lowest BCUT2D eigenvalue weighted by Gasteiger charge is -2.06. The van der Waals surface area contributed by atoms with Crippen molar-refractivity contribution in [3.8, 4) is 20.2 Å². The van der Waals surface area contributed by atoms with E-state index in [9.17, 15) is 0 Å². The molecule has 0 fully saturated rings. The second-order valence-corrected chi connectivity index (χ2v) is 13.1. The summed E-state index contributed by atoms with van der Waals surface area (Å²) in [5.74, 6) is 12.1. The maximum absolute atomic E-state index is 6.07. The summed E-state index contributed by atoms with van der Waals surface area (Å²) in [6.07, 6.45) is 0. The zero-order chi connectivity index (χ0) is 25.6. The number of aryl methyl sites for hydroxylation is 4. The number of nitrogens with zero attached hydrogens (tertiary/aromatic N) is 2.